The summed E-state index contributed by atoms with van der Waals surface area (Å²) in [4.78, 5) is 27.9. The highest BCUT2D eigenvalue weighted by Crippen LogP contribution is 2.26. The lowest BCUT2D eigenvalue weighted by Crippen LogP contribution is -2.45. The molecule has 2 aromatic rings. The molecule has 0 aliphatic rings. The Bertz CT molecular complexity index is 760. The number of carbonyl (C=O) groups excluding carboxylic acids is 2. The van der Waals surface area contributed by atoms with E-state index in [0.717, 1.165) is 24.0 Å². The number of unbranched alkanes of at least 4 members (excludes halogenated alkanes) is 1. The molecule has 0 saturated carbocycles. The third-order valence-electron chi connectivity index (χ3n) is 4.55. The summed E-state index contributed by atoms with van der Waals surface area (Å²) in [5.41, 5.74) is 1.74. The first kappa shape index (κ1) is 22.0. The molecule has 150 valence electrons. The molecule has 2 rings (SSSR count). The van der Waals surface area contributed by atoms with Crippen LogP contribution in [0.15, 0.2) is 54.6 Å². The Morgan fingerprint density at radius 2 is 1.68 bits per heavy atom. The highest BCUT2D eigenvalue weighted by molar-refractivity contribution is 6.30. The van der Waals surface area contributed by atoms with Crippen molar-refractivity contribution in [3.8, 4) is 0 Å². The largest absolute Gasteiger partial charge is 0.354 e. The zero-order chi connectivity index (χ0) is 20.5. The second-order valence-corrected chi connectivity index (χ2v) is 7.64. The fraction of sp³-hybridized carbons (Fsp3) is 0.391. The van der Waals surface area contributed by atoms with Gasteiger partial charge in [-0.2, -0.15) is 0 Å². The van der Waals surface area contributed by atoms with Crippen molar-refractivity contribution >= 4 is 23.4 Å². The molecule has 2 amide bonds. The van der Waals surface area contributed by atoms with Crippen LogP contribution in [-0.2, 0) is 16.1 Å². The number of benzene rings is 2. The van der Waals surface area contributed by atoms with E-state index in [1.165, 1.54) is 0 Å². The number of hydrogen-bond acceptors (Lipinski definition) is 2. The van der Waals surface area contributed by atoms with Crippen LogP contribution in [0.1, 0.15) is 50.8 Å². The van der Waals surface area contributed by atoms with E-state index in [0.29, 0.717) is 18.1 Å². The van der Waals surface area contributed by atoms with E-state index in [9.17, 15) is 9.59 Å². The topological polar surface area (TPSA) is 49.4 Å². The number of nitrogens with one attached hydrogen (secondary N) is 1. The number of hydrogen-bond donors (Lipinski definition) is 1. The summed E-state index contributed by atoms with van der Waals surface area (Å²) in [6.07, 6.45) is 1.90. The lowest BCUT2D eigenvalue weighted by Gasteiger charge is -2.33. The first-order valence-corrected chi connectivity index (χ1v) is 10.2. The molecule has 0 radical (unpaired) electrons. The van der Waals surface area contributed by atoms with Crippen molar-refractivity contribution in [2.75, 3.05) is 6.54 Å². The molecule has 28 heavy (non-hydrogen) atoms. The van der Waals surface area contributed by atoms with Crippen LogP contribution >= 0.6 is 11.6 Å². The van der Waals surface area contributed by atoms with Crippen LogP contribution in [0, 0.1) is 5.92 Å². The molecule has 0 heterocycles. The monoisotopic (exact) mass is 400 g/mol. The van der Waals surface area contributed by atoms with Gasteiger partial charge in [0.15, 0.2) is 0 Å². The van der Waals surface area contributed by atoms with Gasteiger partial charge in [0, 0.05) is 24.0 Å². The van der Waals surface area contributed by atoms with Crippen molar-refractivity contribution in [2.45, 2.75) is 46.2 Å². The Kier molecular flexibility index (Phi) is 8.52. The van der Waals surface area contributed by atoms with E-state index in [1.54, 1.807) is 17.0 Å². The summed E-state index contributed by atoms with van der Waals surface area (Å²) in [6.45, 7) is 6.73. The molecule has 0 aromatic heterocycles. The first-order chi connectivity index (χ1) is 13.4. The van der Waals surface area contributed by atoms with E-state index >= 15 is 0 Å². The van der Waals surface area contributed by atoms with Crippen molar-refractivity contribution in [3.63, 3.8) is 0 Å². The van der Waals surface area contributed by atoms with Gasteiger partial charge in [-0.15, -0.1) is 0 Å². The molecule has 0 bridgehead atoms. The van der Waals surface area contributed by atoms with Gasteiger partial charge in [-0.25, -0.2) is 0 Å². The molecule has 0 spiro atoms. The standard InChI is InChI=1S/C23H29ClN2O2/c1-4-5-15-25-22(27)21(19-9-7-6-8-10-19)26(23(28)17(2)3)16-18-11-13-20(24)14-12-18/h6-14,17,21H,4-5,15-16H2,1-3H3,(H,25,27)/t21-/m0/s1. The Balaban J connectivity index is 2.39. The maximum absolute atomic E-state index is 13.1. The van der Waals surface area contributed by atoms with Gasteiger partial charge < -0.3 is 10.2 Å². The molecular weight excluding hydrogens is 372 g/mol. The van der Waals surface area contributed by atoms with Crippen LogP contribution in [0.3, 0.4) is 0 Å². The highest BCUT2D eigenvalue weighted by Gasteiger charge is 2.32. The normalized spacial score (nSPS) is 11.9. The Morgan fingerprint density at radius 1 is 1.04 bits per heavy atom. The minimum atomic E-state index is -0.677. The average Bonchev–Trinajstić information content (AvgIpc) is 2.69. The van der Waals surface area contributed by atoms with Crippen LogP contribution in [0.2, 0.25) is 5.02 Å². The molecule has 2 aromatic carbocycles. The van der Waals surface area contributed by atoms with Crippen molar-refractivity contribution in [1.29, 1.82) is 0 Å². The fourth-order valence-electron chi connectivity index (χ4n) is 3.01. The molecule has 1 N–H and O–H groups in total. The average molecular weight is 401 g/mol. The van der Waals surface area contributed by atoms with E-state index < -0.39 is 6.04 Å². The second kappa shape index (κ2) is 10.9. The highest BCUT2D eigenvalue weighted by atomic mass is 35.5. The summed E-state index contributed by atoms with van der Waals surface area (Å²) in [5.74, 6) is -0.431. The van der Waals surface area contributed by atoms with Gasteiger partial charge in [0.05, 0.1) is 0 Å². The predicted molar refractivity (Wildman–Crippen MR) is 114 cm³/mol. The van der Waals surface area contributed by atoms with E-state index in [2.05, 4.69) is 12.2 Å². The summed E-state index contributed by atoms with van der Waals surface area (Å²) < 4.78 is 0. The summed E-state index contributed by atoms with van der Waals surface area (Å²) in [5, 5.41) is 3.64. The van der Waals surface area contributed by atoms with Crippen molar-refractivity contribution in [3.05, 3.63) is 70.7 Å². The molecule has 0 fully saturated rings. The van der Waals surface area contributed by atoms with Gasteiger partial charge in [0.1, 0.15) is 6.04 Å². The third kappa shape index (κ3) is 6.10. The summed E-state index contributed by atoms with van der Waals surface area (Å²) >= 11 is 6.00. The van der Waals surface area contributed by atoms with Gasteiger partial charge in [-0.1, -0.05) is 81.3 Å². The van der Waals surface area contributed by atoms with Gasteiger partial charge in [0.2, 0.25) is 11.8 Å². The number of rotatable bonds is 9. The maximum atomic E-state index is 13.1. The summed E-state index contributed by atoms with van der Waals surface area (Å²) in [6, 6.07) is 16.2. The number of amides is 2. The zero-order valence-corrected chi connectivity index (χ0v) is 17.6. The van der Waals surface area contributed by atoms with Gasteiger partial charge >= 0.3 is 0 Å². The number of nitrogens with zero attached hydrogens (tertiary/aromatic N) is 1. The van der Waals surface area contributed by atoms with Crippen LogP contribution in [0.5, 0.6) is 0 Å². The van der Waals surface area contributed by atoms with E-state index in [4.69, 9.17) is 11.6 Å². The van der Waals surface area contributed by atoms with Crippen LogP contribution in [0.4, 0.5) is 0 Å². The Labute approximate surface area is 172 Å². The molecule has 0 aliphatic heterocycles. The lowest BCUT2D eigenvalue weighted by atomic mass is 10.0. The molecule has 0 unspecified atom stereocenters. The number of carbonyl (C=O) groups is 2. The van der Waals surface area contributed by atoms with E-state index in [1.807, 2.05) is 56.3 Å². The molecule has 5 heteroatoms. The van der Waals surface area contributed by atoms with E-state index in [-0.39, 0.29) is 17.7 Å². The van der Waals surface area contributed by atoms with Gasteiger partial charge in [-0.3, -0.25) is 9.59 Å². The summed E-state index contributed by atoms with van der Waals surface area (Å²) in [7, 11) is 0. The Hall–Kier alpha value is -2.33. The zero-order valence-electron chi connectivity index (χ0n) is 16.8. The lowest BCUT2D eigenvalue weighted by molar-refractivity contribution is -0.144. The van der Waals surface area contributed by atoms with Crippen LogP contribution in [0.25, 0.3) is 0 Å². The first-order valence-electron chi connectivity index (χ1n) is 9.81. The fourth-order valence-corrected chi connectivity index (χ4v) is 3.13. The minimum Gasteiger partial charge on any atom is -0.354 e. The van der Waals surface area contributed by atoms with Crippen molar-refractivity contribution < 1.29 is 9.59 Å². The second-order valence-electron chi connectivity index (χ2n) is 7.21. The van der Waals surface area contributed by atoms with Gasteiger partial charge in [0.25, 0.3) is 0 Å². The SMILES string of the molecule is CCCCNC(=O)[C@H](c1ccccc1)N(Cc1ccc(Cl)cc1)C(=O)C(C)C. The Morgan fingerprint density at radius 3 is 2.25 bits per heavy atom. The van der Waals surface area contributed by atoms with Gasteiger partial charge in [-0.05, 0) is 29.7 Å². The van der Waals surface area contributed by atoms with Crippen molar-refractivity contribution in [1.82, 2.24) is 10.2 Å². The third-order valence-corrected chi connectivity index (χ3v) is 4.80. The molecule has 4 nitrogen and oxygen atoms in total. The number of halogens is 1. The van der Waals surface area contributed by atoms with Crippen LogP contribution < -0.4 is 5.32 Å². The van der Waals surface area contributed by atoms with Crippen LogP contribution in [-0.4, -0.2) is 23.3 Å². The molecule has 0 aliphatic carbocycles. The molecular formula is C23H29ClN2O2. The quantitative estimate of drug-likeness (QED) is 0.603. The maximum Gasteiger partial charge on any atom is 0.247 e. The molecule has 0 saturated heterocycles. The van der Waals surface area contributed by atoms with Crippen molar-refractivity contribution in [2.24, 2.45) is 5.92 Å². The smallest absolute Gasteiger partial charge is 0.247 e. The predicted octanol–water partition coefficient (Wildman–Crippen LogP) is 4.98. The minimum absolute atomic E-state index is 0.0607. The molecule has 1 atom stereocenters.